The molecular formula is C12H8Cl2N2O3S. The monoisotopic (exact) mass is 330 g/mol. The summed E-state index contributed by atoms with van der Waals surface area (Å²) in [6.07, 6.45) is 1.39. The van der Waals surface area contributed by atoms with Crippen molar-refractivity contribution in [2.24, 2.45) is 0 Å². The fourth-order valence-electron chi connectivity index (χ4n) is 1.45. The molecule has 0 fully saturated rings. The molecule has 0 unspecified atom stereocenters. The van der Waals surface area contributed by atoms with Gasteiger partial charge in [-0.25, -0.2) is 18.1 Å². The second kappa shape index (κ2) is 5.78. The van der Waals surface area contributed by atoms with Crippen LogP contribution in [0.15, 0.2) is 47.5 Å². The number of aromatic nitrogens is 1. The molecule has 0 spiro atoms. The van der Waals surface area contributed by atoms with Crippen molar-refractivity contribution in [2.75, 3.05) is 0 Å². The van der Waals surface area contributed by atoms with Crippen molar-refractivity contribution >= 4 is 39.1 Å². The van der Waals surface area contributed by atoms with Gasteiger partial charge < -0.3 is 0 Å². The van der Waals surface area contributed by atoms with E-state index in [1.165, 1.54) is 36.5 Å². The highest BCUT2D eigenvalue weighted by Gasteiger charge is 2.22. The van der Waals surface area contributed by atoms with Gasteiger partial charge in [0.25, 0.3) is 15.9 Å². The molecule has 0 bridgehead atoms. The molecule has 0 aliphatic rings. The van der Waals surface area contributed by atoms with E-state index in [4.69, 9.17) is 23.2 Å². The van der Waals surface area contributed by atoms with Gasteiger partial charge in [0.05, 0.1) is 10.6 Å². The number of carbonyl (C=O) groups excluding carboxylic acids is 1. The Morgan fingerprint density at radius 1 is 1.10 bits per heavy atom. The smallest absolute Gasteiger partial charge is 0.268 e. The summed E-state index contributed by atoms with van der Waals surface area (Å²) < 4.78 is 26.0. The third-order valence-corrected chi connectivity index (χ3v) is 4.49. The molecule has 0 aliphatic carbocycles. The number of nitrogens with one attached hydrogen (secondary N) is 1. The lowest BCUT2D eigenvalue weighted by Crippen LogP contribution is -2.31. The Bertz CT molecular complexity index is 763. The molecule has 0 saturated heterocycles. The lowest BCUT2D eigenvalue weighted by atomic mass is 10.3. The van der Waals surface area contributed by atoms with Crippen LogP contribution >= 0.6 is 23.2 Å². The molecule has 1 heterocycles. The van der Waals surface area contributed by atoms with Gasteiger partial charge in [-0.2, -0.15) is 0 Å². The molecule has 0 radical (unpaired) electrons. The van der Waals surface area contributed by atoms with Crippen molar-refractivity contribution in [2.45, 2.75) is 4.90 Å². The van der Waals surface area contributed by atoms with Crippen molar-refractivity contribution < 1.29 is 13.2 Å². The first-order valence-corrected chi connectivity index (χ1v) is 7.58. The zero-order valence-electron chi connectivity index (χ0n) is 9.88. The number of carbonyl (C=O) groups is 1. The predicted molar refractivity (Wildman–Crippen MR) is 75.4 cm³/mol. The topological polar surface area (TPSA) is 76.1 Å². The summed E-state index contributed by atoms with van der Waals surface area (Å²) in [5.74, 6) is -0.872. The number of halogens is 2. The van der Waals surface area contributed by atoms with Gasteiger partial charge in [-0.1, -0.05) is 35.3 Å². The van der Waals surface area contributed by atoms with Crippen molar-refractivity contribution in [3.63, 3.8) is 0 Å². The normalized spacial score (nSPS) is 11.1. The minimum absolute atomic E-state index is 0.0186. The summed E-state index contributed by atoms with van der Waals surface area (Å²) in [6.45, 7) is 0. The molecule has 8 heteroatoms. The zero-order valence-corrected chi connectivity index (χ0v) is 12.2. The molecule has 2 rings (SSSR count). The molecular weight excluding hydrogens is 323 g/mol. The Morgan fingerprint density at radius 2 is 1.80 bits per heavy atom. The number of hydrogen-bond acceptors (Lipinski definition) is 4. The lowest BCUT2D eigenvalue weighted by Gasteiger charge is -2.08. The lowest BCUT2D eigenvalue weighted by molar-refractivity contribution is 0.0981. The average Bonchev–Trinajstić information content (AvgIpc) is 2.38. The van der Waals surface area contributed by atoms with Gasteiger partial charge in [0.1, 0.15) is 10.0 Å². The number of nitrogens with zero attached hydrogens (tertiary/aromatic N) is 1. The summed E-state index contributed by atoms with van der Waals surface area (Å²) in [7, 11) is -4.07. The highest BCUT2D eigenvalue weighted by atomic mass is 35.5. The van der Waals surface area contributed by atoms with E-state index in [1.54, 1.807) is 6.07 Å². The van der Waals surface area contributed by atoms with Gasteiger partial charge in [0, 0.05) is 6.20 Å². The van der Waals surface area contributed by atoms with Crippen molar-refractivity contribution in [1.29, 1.82) is 0 Å². The van der Waals surface area contributed by atoms with E-state index in [-0.39, 0.29) is 20.6 Å². The maximum absolute atomic E-state index is 12.1. The molecule has 0 atom stereocenters. The number of rotatable bonds is 3. The van der Waals surface area contributed by atoms with Crippen LogP contribution in [0.3, 0.4) is 0 Å². The SMILES string of the molecule is O=C(NS(=O)(=O)c1ccccc1Cl)c1cccnc1Cl. The third-order valence-electron chi connectivity index (χ3n) is 2.36. The van der Waals surface area contributed by atoms with E-state index in [0.717, 1.165) is 0 Å². The fraction of sp³-hybridized carbons (Fsp3) is 0. The van der Waals surface area contributed by atoms with E-state index in [2.05, 4.69) is 4.98 Å². The van der Waals surface area contributed by atoms with Gasteiger partial charge in [-0.05, 0) is 24.3 Å². The van der Waals surface area contributed by atoms with E-state index < -0.39 is 15.9 Å². The van der Waals surface area contributed by atoms with Crippen molar-refractivity contribution in [1.82, 2.24) is 9.71 Å². The molecule has 0 aliphatic heterocycles. The van der Waals surface area contributed by atoms with E-state index >= 15 is 0 Å². The summed E-state index contributed by atoms with van der Waals surface area (Å²) in [5, 5.41) is -0.0653. The summed E-state index contributed by atoms with van der Waals surface area (Å²) in [6, 6.07) is 8.64. The third kappa shape index (κ3) is 3.09. The van der Waals surface area contributed by atoms with E-state index in [0.29, 0.717) is 0 Å². The largest absolute Gasteiger partial charge is 0.268 e. The second-order valence-electron chi connectivity index (χ2n) is 3.71. The molecule has 0 saturated carbocycles. The fourth-order valence-corrected chi connectivity index (χ4v) is 3.14. The molecule has 20 heavy (non-hydrogen) atoms. The molecule has 1 aromatic heterocycles. The molecule has 1 N–H and O–H groups in total. The quantitative estimate of drug-likeness (QED) is 0.877. The Morgan fingerprint density at radius 3 is 2.45 bits per heavy atom. The predicted octanol–water partition coefficient (Wildman–Crippen LogP) is 2.51. The summed E-state index contributed by atoms with van der Waals surface area (Å²) in [4.78, 5) is 15.4. The number of hydrogen-bond donors (Lipinski definition) is 1. The van der Waals surface area contributed by atoms with E-state index in [1.807, 2.05) is 4.72 Å². The minimum atomic E-state index is -4.07. The summed E-state index contributed by atoms with van der Waals surface area (Å²) in [5.41, 5.74) is -0.0372. The van der Waals surface area contributed by atoms with Crippen LogP contribution in [0.4, 0.5) is 0 Å². The van der Waals surface area contributed by atoms with Crippen LogP contribution in [0.1, 0.15) is 10.4 Å². The standard InChI is InChI=1S/C12H8Cl2N2O3S/c13-9-5-1-2-6-10(9)20(18,19)16-12(17)8-4-3-7-15-11(8)14/h1-7H,(H,16,17). The number of sulfonamides is 1. The highest BCUT2D eigenvalue weighted by Crippen LogP contribution is 2.21. The van der Waals surface area contributed by atoms with Crippen LogP contribution in [0.2, 0.25) is 10.2 Å². The van der Waals surface area contributed by atoms with Crippen LogP contribution in [0.5, 0.6) is 0 Å². The molecule has 1 aromatic carbocycles. The Balaban J connectivity index is 2.33. The van der Waals surface area contributed by atoms with Gasteiger partial charge in [0.15, 0.2) is 0 Å². The van der Waals surface area contributed by atoms with Gasteiger partial charge in [-0.15, -0.1) is 0 Å². The number of benzene rings is 1. The first kappa shape index (κ1) is 14.8. The van der Waals surface area contributed by atoms with Gasteiger partial charge >= 0.3 is 0 Å². The number of pyridine rings is 1. The van der Waals surface area contributed by atoms with Gasteiger partial charge in [-0.3, -0.25) is 4.79 Å². The van der Waals surface area contributed by atoms with Gasteiger partial charge in [0.2, 0.25) is 0 Å². The Kier molecular flexibility index (Phi) is 4.27. The van der Waals surface area contributed by atoms with Crippen LogP contribution in [-0.2, 0) is 10.0 Å². The molecule has 5 nitrogen and oxygen atoms in total. The molecule has 104 valence electrons. The summed E-state index contributed by atoms with van der Waals surface area (Å²) >= 11 is 11.5. The highest BCUT2D eigenvalue weighted by molar-refractivity contribution is 7.90. The number of amides is 1. The zero-order chi connectivity index (χ0) is 14.8. The first-order valence-electron chi connectivity index (χ1n) is 5.34. The van der Waals surface area contributed by atoms with Crippen LogP contribution in [0, 0.1) is 0 Å². The van der Waals surface area contributed by atoms with Crippen molar-refractivity contribution in [3.8, 4) is 0 Å². The molecule has 1 amide bonds. The Hall–Kier alpha value is -1.63. The van der Waals surface area contributed by atoms with Crippen LogP contribution < -0.4 is 4.72 Å². The average molecular weight is 331 g/mol. The Labute approximate surface area is 125 Å². The van der Waals surface area contributed by atoms with Crippen LogP contribution in [-0.4, -0.2) is 19.3 Å². The van der Waals surface area contributed by atoms with Crippen molar-refractivity contribution in [3.05, 3.63) is 58.3 Å². The van der Waals surface area contributed by atoms with E-state index in [9.17, 15) is 13.2 Å². The van der Waals surface area contributed by atoms with Crippen LogP contribution in [0.25, 0.3) is 0 Å². The minimum Gasteiger partial charge on any atom is -0.268 e. The maximum Gasteiger partial charge on any atom is 0.268 e. The second-order valence-corrected chi connectivity index (χ2v) is 6.12. The molecule has 2 aromatic rings. The first-order chi connectivity index (χ1) is 9.42. The maximum atomic E-state index is 12.1.